The molecule has 2 rings (SSSR count). The molecule has 1 aliphatic heterocycles. The molecule has 1 aromatic heterocycles. The SMILES string of the molecule is c1nnc(N2CCCCCCC2)o1. The Labute approximate surface area is 77.9 Å². The zero-order valence-corrected chi connectivity index (χ0v) is 7.78. The van der Waals surface area contributed by atoms with E-state index in [0.29, 0.717) is 6.01 Å². The molecular formula is C9H15N3O. The fourth-order valence-corrected chi connectivity index (χ4v) is 1.74. The van der Waals surface area contributed by atoms with Crippen molar-refractivity contribution in [1.82, 2.24) is 10.2 Å². The van der Waals surface area contributed by atoms with Gasteiger partial charge in [-0.15, -0.1) is 5.10 Å². The van der Waals surface area contributed by atoms with Crippen LogP contribution in [0.25, 0.3) is 0 Å². The molecule has 72 valence electrons. The van der Waals surface area contributed by atoms with Crippen LogP contribution in [-0.2, 0) is 0 Å². The summed E-state index contributed by atoms with van der Waals surface area (Å²) in [7, 11) is 0. The summed E-state index contributed by atoms with van der Waals surface area (Å²) in [6.45, 7) is 2.12. The Morgan fingerprint density at radius 1 is 1.08 bits per heavy atom. The van der Waals surface area contributed by atoms with E-state index in [9.17, 15) is 0 Å². The monoisotopic (exact) mass is 181 g/mol. The summed E-state index contributed by atoms with van der Waals surface area (Å²) in [5.41, 5.74) is 0. The zero-order valence-electron chi connectivity index (χ0n) is 7.78. The molecule has 1 aliphatic rings. The Balaban J connectivity index is 1.96. The fourth-order valence-electron chi connectivity index (χ4n) is 1.74. The van der Waals surface area contributed by atoms with Crippen LogP contribution >= 0.6 is 0 Å². The highest BCUT2D eigenvalue weighted by molar-refractivity contribution is 5.22. The lowest BCUT2D eigenvalue weighted by Crippen LogP contribution is -2.27. The van der Waals surface area contributed by atoms with E-state index in [-0.39, 0.29) is 0 Å². The predicted octanol–water partition coefficient (Wildman–Crippen LogP) is 1.84. The summed E-state index contributed by atoms with van der Waals surface area (Å²) >= 11 is 0. The van der Waals surface area contributed by atoms with Gasteiger partial charge in [0, 0.05) is 13.1 Å². The van der Waals surface area contributed by atoms with Gasteiger partial charge in [0.05, 0.1) is 0 Å². The third kappa shape index (κ3) is 2.20. The summed E-state index contributed by atoms with van der Waals surface area (Å²) in [4.78, 5) is 2.19. The van der Waals surface area contributed by atoms with Crippen LogP contribution in [0.15, 0.2) is 10.8 Å². The fraction of sp³-hybridized carbons (Fsp3) is 0.778. The van der Waals surface area contributed by atoms with Crippen LogP contribution in [0.5, 0.6) is 0 Å². The first kappa shape index (κ1) is 8.53. The van der Waals surface area contributed by atoms with Crippen LogP contribution in [-0.4, -0.2) is 23.3 Å². The number of nitrogens with zero attached hydrogens (tertiary/aromatic N) is 3. The number of rotatable bonds is 1. The molecule has 0 aliphatic carbocycles. The third-order valence-electron chi connectivity index (χ3n) is 2.48. The summed E-state index contributed by atoms with van der Waals surface area (Å²) < 4.78 is 5.17. The molecule has 0 bridgehead atoms. The highest BCUT2D eigenvalue weighted by Crippen LogP contribution is 2.15. The third-order valence-corrected chi connectivity index (χ3v) is 2.48. The minimum absolute atomic E-state index is 0.682. The van der Waals surface area contributed by atoms with Crippen molar-refractivity contribution < 1.29 is 4.42 Å². The summed E-state index contributed by atoms with van der Waals surface area (Å²) in [5.74, 6) is 0. The highest BCUT2D eigenvalue weighted by Gasteiger charge is 2.12. The minimum Gasteiger partial charge on any atom is -0.411 e. The standard InChI is InChI=1S/C9H15N3O/c1-2-4-6-12(7-5-3-1)9-11-10-8-13-9/h8H,1-7H2. The Morgan fingerprint density at radius 3 is 2.38 bits per heavy atom. The van der Waals surface area contributed by atoms with Crippen LogP contribution in [0, 0.1) is 0 Å². The van der Waals surface area contributed by atoms with Crippen molar-refractivity contribution in [2.24, 2.45) is 0 Å². The molecule has 4 heteroatoms. The van der Waals surface area contributed by atoms with Gasteiger partial charge in [0.25, 0.3) is 0 Å². The van der Waals surface area contributed by atoms with Gasteiger partial charge in [-0.05, 0) is 12.8 Å². The van der Waals surface area contributed by atoms with Gasteiger partial charge in [0.15, 0.2) is 0 Å². The molecule has 0 spiro atoms. The Hall–Kier alpha value is -1.06. The van der Waals surface area contributed by atoms with E-state index in [1.54, 1.807) is 0 Å². The van der Waals surface area contributed by atoms with Crippen molar-refractivity contribution in [2.45, 2.75) is 32.1 Å². The van der Waals surface area contributed by atoms with Gasteiger partial charge in [-0.1, -0.05) is 24.4 Å². The van der Waals surface area contributed by atoms with Gasteiger partial charge < -0.3 is 9.32 Å². The van der Waals surface area contributed by atoms with Crippen LogP contribution in [0.2, 0.25) is 0 Å². The van der Waals surface area contributed by atoms with E-state index < -0.39 is 0 Å². The molecule has 1 fully saturated rings. The van der Waals surface area contributed by atoms with E-state index in [0.717, 1.165) is 13.1 Å². The first-order chi connectivity index (χ1) is 6.47. The lowest BCUT2D eigenvalue weighted by molar-refractivity contribution is 0.492. The van der Waals surface area contributed by atoms with Gasteiger partial charge in [-0.3, -0.25) is 0 Å². The molecule has 13 heavy (non-hydrogen) atoms. The van der Waals surface area contributed by atoms with E-state index >= 15 is 0 Å². The zero-order chi connectivity index (χ0) is 8.93. The molecule has 0 N–H and O–H groups in total. The Kier molecular flexibility index (Phi) is 2.79. The lowest BCUT2D eigenvalue weighted by atomic mass is 10.1. The quantitative estimate of drug-likeness (QED) is 0.663. The summed E-state index contributed by atoms with van der Waals surface area (Å²) in [5, 5.41) is 7.61. The second kappa shape index (κ2) is 4.25. The minimum atomic E-state index is 0.682. The first-order valence-electron chi connectivity index (χ1n) is 4.98. The highest BCUT2D eigenvalue weighted by atomic mass is 16.4. The molecule has 0 atom stereocenters. The molecule has 0 saturated carbocycles. The van der Waals surface area contributed by atoms with E-state index in [1.807, 2.05) is 0 Å². The van der Waals surface area contributed by atoms with Crippen molar-refractivity contribution in [2.75, 3.05) is 18.0 Å². The van der Waals surface area contributed by atoms with Crippen LogP contribution in [0.4, 0.5) is 6.01 Å². The van der Waals surface area contributed by atoms with Crippen LogP contribution in [0.1, 0.15) is 32.1 Å². The van der Waals surface area contributed by atoms with Crippen LogP contribution < -0.4 is 4.90 Å². The molecule has 0 aromatic carbocycles. The van der Waals surface area contributed by atoms with Crippen molar-refractivity contribution in [3.8, 4) is 0 Å². The normalized spacial score (nSPS) is 19.5. The molecular weight excluding hydrogens is 166 g/mol. The number of anilines is 1. The van der Waals surface area contributed by atoms with Crippen molar-refractivity contribution >= 4 is 6.01 Å². The summed E-state index contributed by atoms with van der Waals surface area (Å²) in [6.07, 6.45) is 7.89. The lowest BCUT2D eigenvalue weighted by Gasteiger charge is -2.21. The molecule has 0 radical (unpaired) electrons. The second-order valence-corrected chi connectivity index (χ2v) is 3.48. The Morgan fingerprint density at radius 2 is 1.77 bits per heavy atom. The van der Waals surface area contributed by atoms with Gasteiger partial charge in [-0.2, -0.15) is 0 Å². The number of hydrogen-bond acceptors (Lipinski definition) is 4. The topological polar surface area (TPSA) is 42.2 Å². The molecule has 2 heterocycles. The molecule has 1 saturated heterocycles. The van der Waals surface area contributed by atoms with Crippen molar-refractivity contribution in [3.63, 3.8) is 0 Å². The number of hydrogen-bond donors (Lipinski definition) is 0. The van der Waals surface area contributed by atoms with Gasteiger partial charge in [0.2, 0.25) is 6.39 Å². The van der Waals surface area contributed by atoms with Gasteiger partial charge >= 0.3 is 6.01 Å². The molecule has 1 aromatic rings. The predicted molar refractivity (Wildman–Crippen MR) is 49.6 cm³/mol. The molecule has 0 unspecified atom stereocenters. The largest absolute Gasteiger partial charge is 0.411 e. The maximum Gasteiger partial charge on any atom is 0.317 e. The maximum atomic E-state index is 5.17. The van der Waals surface area contributed by atoms with Crippen molar-refractivity contribution in [1.29, 1.82) is 0 Å². The van der Waals surface area contributed by atoms with E-state index in [4.69, 9.17) is 4.42 Å². The van der Waals surface area contributed by atoms with Gasteiger partial charge in [-0.25, -0.2) is 0 Å². The van der Waals surface area contributed by atoms with Crippen molar-refractivity contribution in [3.05, 3.63) is 6.39 Å². The maximum absolute atomic E-state index is 5.17. The van der Waals surface area contributed by atoms with Gasteiger partial charge in [0.1, 0.15) is 0 Å². The van der Waals surface area contributed by atoms with E-state index in [2.05, 4.69) is 15.1 Å². The second-order valence-electron chi connectivity index (χ2n) is 3.48. The number of aromatic nitrogens is 2. The smallest absolute Gasteiger partial charge is 0.317 e. The average Bonchev–Trinajstić information content (AvgIpc) is 2.55. The molecule has 4 nitrogen and oxygen atoms in total. The summed E-state index contributed by atoms with van der Waals surface area (Å²) in [6, 6.07) is 0.682. The van der Waals surface area contributed by atoms with Crippen LogP contribution in [0.3, 0.4) is 0 Å². The molecule has 0 amide bonds. The Bertz CT molecular complexity index is 227. The average molecular weight is 181 g/mol. The van der Waals surface area contributed by atoms with E-state index in [1.165, 1.54) is 38.5 Å². The first-order valence-corrected chi connectivity index (χ1v) is 4.98.